The van der Waals surface area contributed by atoms with Crippen molar-refractivity contribution in [2.24, 2.45) is 0 Å². The molecule has 252 valence electrons. The Morgan fingerprint density at radius 2 is 1.96 bits per heavy atom. The minimum absolute atomic E-state index is 0.0340. The molecule has 1 aliphatic heterocycles. The smallest absolute Gasteiger partial charge is 0.391 e. The van der Waals surface area contributed by atoms with E-state index in [1.807, 2.05) is 39.8 Å². The number of nitrogens with one attached hydrogen (secondary N) is 1. The van der Waals surface area contributed by atoms with E-state index in [0.717, 1.165) is 16.8 Å². The van der Waals surface area contributed by atoms with Crippen LogP contribution in [0.3, 0.4) is 0 Å². The zero-order valence-electron chi connectivity index (χ0n) is 27.1. The molecule has 4 heterocycles. The Kier molecular flexibility index (Phi) is 10.4. The lowest BCUT2D eigenvalue weighted by Crippen LogP contribution is -2.26. The third-order valence-electron chi connectivity index (χ3n) is 7.64. The first-order valence-electron chi connectivity index (χ1n) is 14.9. The Bertz CT molecular complexity index is 1750. The highest BCUT2D eigenvalue weighted by Crippen LogP contribution is 2.42. The minimum atomic E-state index is -2.65. The quantitative estimate of drug-likeness (QED) is 0.136. The van der Waals surface area contributed by atoms with Gasteiger partial charge in [0.25, 0.3) is 0 Å². The van der Waals surface area contributed by atoms with E-state index in [0.29, 0.717) is 47.2 Å². The summed E-state index contributed by atoms with van der Waals surface area (Å²) in [7, 11) is -1.06. The number of ether oxygens (including phenoxy) is 4. The molecule has 0 bridgehead atoms. The molecule has 0 amide bonds. The van der Waals surface area contributed by atoms with Gasteiger partial charge in [-0.1, -0.05) is 19.9 Å². The average Bonchev–Trinajstić information content (AvgIpc) is 3.69. The molecular weight excluding hydrogens is 631 g/mol. The third-order valence-corrected chi connectivity index (χ3v) is 8.00. The summed E-state index contributed by atoms with van der Waals surface area (Å²) in [5, 5.41) is 12.5. The molecule has 2 unspecified atom stereocenters. The van der Waals surface area contributed by atoms with Crippen molar-refractivity contribution in [3.05, 3.63) is 64.7 Å². The SMILES string of the molecule is COCc1cc2c(Nc3cc(C4CC(OC(C)=O)CO4)nn3COC(=O)CC(C)(C)c3c(C)cc(C)cc3OP(O)O)nccn2n1. The number of carbonyl (C=O) groups excluding carboxylic acids is 2. The number of benzene rings is 1. The highest BCUT2D eigenvalue weighted by atomic mass is 31.2. The highest BCUT2D eigenvalue weighted by molar-refractivity contribution is 7.39. The summed E-state index contributed by atoms with van der Waals surface area (Å²) in [4.78, 5) is 48.4. The van der Waals surface area contributed by atoms with Crippen LogP contribution in [-0.2, 0) is 47.3 Å². The summed E-state index contributed by atoms with van der Waals surface area (Å²) < 4.78 is 30.7. The Morgan fingerprint density at radius 3 is 2.68 bits per heavy atom. The monoisotopic (exact) mass is 670 g/mol. The number of carbonyl (C=O) groups is 2. The van der Waals surface area contributed by atoms with Gasteiger partial charge in [-0.3, -0.25) is 9.59 Å². The number of nitrogens with zero attached hydrogens (tertiary/aromatic N) is 5. The van der Waals surface area contributed by atoms with Crippen molar-refractivity contribution in [1.82, 2.24) is 24.4 Å². The van der Waals surface area contributed by atoms with E-state index in [2.05, 4.69) is 20.5 Å². The van der Waals surface area contributed by atoms with Crippen LogP contribution in [0.2, 0.25) is 0 Å². The van der Waals surface area contributed by atoms with Gasteiger partial charge in [0.05, 0.1) is 31.0 Å². The number of esters is 2. The zero-order chi connectivity index (χ0) is 33.9. The molecule has 1 fully saturated rings. The molecule has 1 saturated heterocycles. The van der Waals surface area contributed by atoms with E-state index in [1.54, 1.807) is 36.2 Å². The average molecular weight is 671 g/mol. The summed E-state index contributed by atoms with van der Waals surface area (Å²) in [6.07, 6.45) is 2.87. The molecule has 15 nitrogen and oxygen atoms in total. The summed E-state index contributed by atoms with van der Waals surface area (Å²) >= 11 is 0. The normalized spacial score (nSPS) is 16.5. The number of aryl methyl sites for hydroxylation is 2. The molecule has 16 heteroatoms. The van der Waals surface area contributed by atoms with Gasteiger partial charge in [0, 0.05) is 49.9 Å². The molecule has 3 N–H and O–H groups in total. The van der Waals surface area contributed by atoms with Crippen LogP contribution in [0.1, 0.15) is 67.8 Å². The van der Waals surface area contributed by atoms with Crippen LogP contribution in [0, 0.1) is 13.8 Å². The van der Waals surface area contributed by atoms with Crippen LogP contribution < -0.4 is 9.84 Å². The van der Waals surface area contributed by atoms with Crippen LogP contribution in [0.4, 0.5) is 11.6 Å². The van der Waals surface area contributed by atoms with E-state index in [9.17, 15) is 19.4 Å². The predicted octanol–water partition coefficient (Wildman–Crippen LogP) is 4.28. The van der Waals surface area contributed by atoms with E-state index < -0.39 is 32.2 Å². The number of anilines is 2. The van der Waals surface area contributed by atoms with Gasteiger partial charge in [-0.15, -0.1) is 0 Å². The summed E-state index contributed by atoms with van der Waals surface area (Å²) in [5.41, 5.74) is 3.59. The lowest BCUT2D eigenvalue weighted by molar-refractivity contribution is -0.149. The van der Waals surface area contributed by atoms with Gasteiger partial charge in [0.1, 0.15) is 29.3 Å². The van der Waals surface area contributed by atoms with E-state index in [1.165, 1.54) is 11.6 Å². The first-order valence-corrected chi connectivity index (χ1v) is 16.1. The van der Waals surface area contributed by atoms with Crippen molar-refractivity contribution >= 4 is 37.7 Å². The molecule has 1 aromatic carbocycles. The number of fused-ring (bicyclic) bond motifs is 1. The number of rotatable bonds is 13. The van der Waals surface area contributed by atoms with Gasteiger partial charge >= 0.3 is 20.5 Å². The largest absolute Gasteiger partial charge is 0.460 e. The maximum Gasteiger partial charge on any atom is 0.391 e. The fraction of sp³-hybridized carbons (Fsp3) is 0.452. The minimum Gasteiger partial charge on any atom is -0.460 e. The van der Waals surface area contributed by atoms with E-state index >= 15 is 0 Å². The molecule has 0 saturated carbocycles. The Hall–Kier alpha value is -4.14. The summed E-state index contributed by atoms with van der Waals surface area (Å²) in [5.74, 6) is 0.376. The molecule has 3 aromatic heterocycles. The molecular formula is C31H39N6O9P. The summed E-state index contributed by atoms with van der Waals surface area (Å²) in [6.45, 7) is 9.17. The fourth-order valence-electron chi connectivity index (χ4n) is 5.91. The van der Waals surface area contributed by atoms with Crippen molar-refractivity contribution in [2.45, 2.75) is 78.4 Å². The van der Waals surface area contributed by atoms with Gasteiger partial charge in [0.15, 0.2) is 12.5 Å². The van der Waals surface area contributed by atoms with Crippen LogP contribution >= 0.6 is 8.60 Å². The fourth-order valence-corrected chi connectivity index (χ4v) is 6.23. The number of aromatic nitrogens is 5. The van der Waals surface area contributed by atoms with Crippen LogP contribution in [0.25, 0.3) is 5.52 Å². The highest BCUT2D eigenvalue weighted by Gasteiger charge is 2.33. The molecule has 0 radical (unpaired) electrons. The third kappa shape index (κ3) is 8.24. The lowest BCUT2D eigenvalue weighted by atomic mass is 9.78. The first kappa shape index (κ1) is 34.2. The summed E-state index contributed by atoms with van der Waals surface area (Å²) in [6, 6.07) is 7.29. The second-order valence-corrected chi connectivity index (χ2v) is 12.7. The molecule has 47 heavy (non-hydrogen) atoms. The van der Waals surface area contributed by atoms with Crippen LogP contribution in [0.15, 0.2) is 36.7 Å². The molecule has 2 atom stereocenters. The Morgan fingerprint density at radius 1 is 1.17 bits per heavy atom. The van der Waals surface area contributed by atoms with Crippen molar-refractivity contribution in [2.75, 3.05) is 19.0 Å². The number of hydrogen-bond donors (Lipinski definition) is 3. The van der Waals surface area contributed by atoms with Gasteiger partial charge in [-0.25, -0.2) is 14.2 Å². The maximum absolute atomic E-state index is 13.3. The lowest BCUT2D eigenvalue weighted by Gasteiger charge is -2.29. The predicted molar refractivity (Wildman–Crippen MR) is 170 cm³/mol. The van der Waals surface area contributed by atoms with Crippen molar-refractivity contribution in [3.63, 3.8) is 0 Å². The van der Waals surface area contributed by atoms with Crippen molar-refractivity contribution < 1.29 is 42.8 Å². The number of methoxy groups -OCH3 is 1. The first-order chi connectivity index (χ1) is 22.3. The molecule has 0 aliphatic carbocycles. The van der Waals surface area contributed by atoms with Gasteiger partial charge in [-0.2, -0.15) is 10.2 Å². The maximum atomic E-state index is 13.3. The Labute approximate surface area is 272 Å². The molecule has 1 aliphatic rings. The second-order valence-electron chi connectivity index (χ2n) is 12.0. The second kappa shape index (κ2) is 14.3. The zero-order valence-corrected chi connectivity index (χ0v) is 28.0. The van der Waals surface area contributed by atoms with Crippen LogP contribution in [-0.4, -0.2) is 65.9 Å². The topological polar surface area (TPSA) is 181 Å². The van der Waals surface area contributed by atoms with Crippen molar-refractivity contribution in [3.8, 4) is 5.75 Å². The van der Waals surface area contributed by atoms with Crippen LogP contribution in [0.5, 0.6) is 5.75 Å². The molecule has 0 spiro atoms. The molecule has 5 rings (SSSR count). The van der Waals surface area contributed by atoms with E-state index in [-0.39, 0.29) is 25.7 Å². The molecule has 4 aromatic rings. The van der Waals surface area contributed by atoms with Gasteiger partial charge in [-0.05, 0) is 37.1 Å². The van der Waals surface area contributed by atoms with Gasteiger partial charge in [0.2, 0.25) is 0 Å². The standard InChI is InChI=1S/C31H39N6O9P/c1-18-9-19(2)29(26(10-18)46-47(40)41)31(4,5)14-28(39)44-17-37-27(13-23(35-37)25-12-22(16-43-25)45-20(3)38)33-30-24-11-21(15-42-6)34-36(24)8-7-32-30/h7-11,13,22,25,40-41H,12,14-17H2,1-6H3,(H,32,33). The van der Waals surface area contributed by atoms with E-state index in [4.69, 9.17) is 23.5 Å². The number of hydrogen-bond acceptors (Lipinski definition) is 13. The van der Waals surface area contributed by atoms with Gasteiger partial charge < -0.3 is 38.6 Å². The van der Waals surface area contributed by atoms with Crippen molar-refractivity contribution in [1.29, 1.82) is 0 Å². The Balaban J connectivity index is 1.38.